The zero-order chi connectivity index (χ0) is 6.73. The van der Waals surface area contributed by atoms with E-state index in [-0.39, 0.29) is 23.0 Å². The molecule has 0 rings (SSSR count). The molecule has 0 saturated carbocycles. The molecular formula is C6H14FeO2. The molecule has 0 saturated heterocycles. The summed E-state index contributed by atoms with van der Waals surface area (Å²) in [5.41, 5.74) is 0. The van der Waals surface area contributed by atoms with E-state index in [1.165, 1.54) is 0 Å². The van der Waals surface area contributed by atoms with Crippen LogP contribution in [-0.2, 0) is 17.1 Å². The fourth-order valence-corrected chi connectivity index (χ4v) is 0.403. The topological polar surface area (TPSA) is 40.5 Å². The van der Waals surface area contributed by atoms with Crippen LogP contribution in [0.1, 0.15) is 20.8 Å². The van der Waals surface area contributed by atoms with E-state index in [4.69, 9.17) is 10.2 Å². The van der Waals surface area contributed by atoms with Gasteiger partial charge in [-0.25, -0.2) is 0 Å². The third-order valence-electron chi connectivity index (χ3n) is 1.52. The summed E-state index contributed by atoms with van der Waals surface area (Å²) in [5.74, 6) is -0.0185. The van der Waals surface area contributed by atoms with Gasteiger partial charge in [-0.05, 0) is 13.8 Å². The summed E-state index contributed by atoms with van der Waals surface area (Å²) in [7, 11) is 0. The van der Waals surface area contributed by atoms with Crippen LogP contribution in [0.2, 0.25) is 0 Å². The molecule has 0 radical (unpaired) electrons. The van der Waals surface area contributed by atoms with Crippen molar-refractivity contribution in [1.29, 1.82) is 0 Å². The molecule has 2 atom stereocenters. The van der Waals surface area contributed by atoms with Crippen molar-refractivity contribution in [2.24, 2.45) is 5.92 Å². The monoisotopic (exact) mass is 174 g/mol. The van der Waals surface area contributed by atoms with Crippen LogP contribution < -0.4 is 0 Å². The first kappa shape index (κ1) is 12.1. The van der Waals surface area contributed by atoms with Crippen molar-refractivity contribution < 1.29 is 27.3 Å². The maximum atomic E-state index is 8.83. The molecule has 0 aliphatic carbocycles. The van der Waals surface area contributed by atoms with Gasteiger partial charge in [0.05, 0.1) is 12.2 Å². The Kier molecular flexibility index (Phi) is 7.08. The molecule has 2 nitrogen and oxygen atoms in total. The minimum atomic E-state index is -0.407. The molecule has 0 aliphatic heterocycles. The molecule has 0 fully saturated rings. The first-order valence-corrected chi connectivity index (χ1v) is 2.92. The predicted molar refractivity (Wildman–Crippen MR) is 32.5 cm³/mol. The second-order valence-electron chi connectivity index (χ2n) is 2.34. The van der Waals surface area contributed by atoms with Gasteiger partial charge in [-0.1, -0.05) is 6.92 Å². The summed E-state index contributed by atoms with van der Waals surface area (Å²) >= 11 is 0. The van der Waals surface area contributed by atoms with Gasteiger partial charge in [0.25, 0.3) is 0 Å². The van der Waals surface area contributed by atoms with Crippen molar-refractivity contribution in [1.82, 2.24) is 0 Å². The zero-order valence-electron chi connectivity index (χ0n) is 5.98. The molecule has 3 heteroatoms. The van der Waals surface area contributed by atoms with E-state index in [9.17, 15) is 0 Å². The fourth-order valence-electron chi connectivity index (χ4n) is 0.403. The third-order valence-corrected chi connectivity index (χ3v) is 1.52. The van der Waals surface area contributed by atoms with E-state index in [0.717, 1.165) is 0 Å². The fraction of sp³-hybridized carbons (Fsp3) is 1.00. The van der Waals surface area contributed by atoms with Crippen LogP contribution in [0, 0.1) is 5.92 Å². The smallest absolute Gasteiger partial charge is 0.0562 e. The number of aliphatic hydroxyl groups excluding tert-OH is 2. The van der Waals surface area contributed by atoms with E-state index < -0.39 is 12.2 Å². The minimum absolute atomic E-state index is 0. The summed E-state index contributed by atoms with van der Waals surface area (Å²) < 4.78 is 0. The molecular weight excluding hydrogens is 160 g/mol. The van der Waals surface area contributed by atoms with Crippen LogP contribution in [0.25, 0.3) is 0 Å². The Bertz CT molecular complexity index is 56.1. The Morgan fingerprint density at radius 3 is 1.11 bits per heavy atom. The van der Waals surface area contributed by atoms with Crippen LogP contribution in [0.4, 0.5) is 0 Å². The van der Waals surface area contributed by atoms with Gasteiger partial charge < -0.3 is 10.2 Å². The SMILES string of the molecule is CC(O)C(C)C(C)O.[Fe]. The van der Waals surface area contributed by atoms with Crippen LogP contribution in [0.3, 0.4) is 0 Å². The molecule has 0 amide bonds. The van der Waals surface area contributed by atoms with Gasteiger partial charge in [0, 0.05) is 23.0 Å². The normalized spacial score (nSPS) is 19.7. The molecule has 0 aromatic heterocycles. The first-order chi connectivity index (χ1) is 3.55. The van der Waals surface area contributed by atoms with Gasteiger partial charge in [0.1, 0.15) is 0 Å². The van der Waals surface area contributed by atoms with Crippen LogP contribution in [0.15, 0.2) is 0 Å². The summed E-state index contributed by atoms with van der Waals surface area (Å²) in [6.07, 6.45) is -0.815. The number of hydrogen-bond donors (Lipinski definition) is 2. The van der Waals surface area contributed by atoms with Crippen molar-refractivity contribution in [3.05, 3.63) is 0 Å². The molecule has 2 unspecified atom stereocenters. The van der Waals surface area contributed by atoms with Crippen molar-refractivity contribution in [2.45, 2.75) is 33.0 Å². The zero-order valence-corrected chi connectivity index (χ0v) is 7.08. The Balaban J connectivity index is 0. The average Bonchev–Trinajstić information content (AvgIpc) is 1.64. The van der Waals surface area contributed by atoms with E-state index in [1.807, 2.05) is 6.92 Å². The number of rotatable bonds is 2. The molecule has 0 bridgehead atoms. The van der Waals surface area contributed by atoms with Gasteiger partial charge in [-0.15, -0.1) is 0 Å². The molecule has 0 aromatic rings. The maximum absolute atomic E-state index is 8.83. The van der Waals surface area contributed by atoms with E-state index in [0.29, 0.717) is 0 Å². The summed E-state index contributed by atoms with van der Waals surface area (Å²) in [4.78, 5) is 0. The van der Waals surface area contributed by atoms with E-state index in [1.54, 1.807) is 13.8 Å². The molecule has 0 heterocycles. The van der Waals surface area contributed by atoms with Crippen molar-refractivity contribution in [2.75, 3.05) is 0 Å². The largest absolute Gasteiger partial charge is 0.393 e. The predicted octanol–water partition coefficient (Wildman–Crippen LogP) is 0.382. The summed E-state index contributed by atoms with van der Waals surface area (Å²) in [6.45, 7) is 5.17. The van der Waals surface area contributed by atoms with Gasteiger partial charge in [0.2, 0.25) is 0 Å². The van der Waals surface area contributed by atoms with E-state index >= 15 is 0 Å². The van der Waals surface area contributed by atoms with Crippen molar-refractivity contribution >= 4 is 0 Å². The molecule has 0 aliphatic rings. The van der Waals surface area contributed by atoms with Gasteiger partial charge in [0.15, 0.2) is 0 Å². The average molecular weight is 174 g/mol. The molecule has 2 N–H and O–H groups in total. The van der Waals surface area contributed by atoms with Gasteiger partial charge in [-0.2, -0.15) is 0 Å². The maximum Gasteiger partial charge on any atom is 0.0562 e. The third kappa shape index (κ3) is 4.91. The molecule has 9 heavy (non-hydrogen) atoms. The van der Waals surface area contributed by atoms with E-state index in [2.05, 4.69) is 0 Å². The number of aliphatic hydroxyl groups is 2. The Morgan fingerprint density at radius 2 is 1.11 bits per heavy atom. The Hall–Kier alpha value is 0.439. The van der Waals surface area contributed by atoms with Crippen LogP contribution in [0.5, 0.6) is 0 Å². The quantitative estimate of drug-likeness (QED) is 0.594. The van der Waals surface area contributed by atoms with Gasteiger partial charge >= 0.3 is 0 Å². The Labute approximate surface area is 66.7 Å². The Morgan fingerprint density at radius 1 is 0.889 bits per heavy atom. The number of hydrogen-bond acceptors (Lipinski definition) is 2. The van der Waals surface area contributed by atoms with Gasteiger partial charge in [-0.3, -0.25) is 0 Å². The van der Waals surface area contributed by atoms with Crippen molar-refractivity contribution in [3.63, 3.8) is 0 Å². The molecule has 0 aromatic carbocycles. The molecule has 58 valence electrons. The first-order valence-electron chi connectivity index (χ1n) is 2.92. The second kappa shape index (κ2) is 5.24. The summed E-state index contributed by atoms with van der Waals surface area (Å²) in [6, 6.07) is 0. The standard InChI is InChI=1S/C6H14O2.Fe/c1-4(5(2)7)6(3)8;/h4-8H,1-3H3;. The van der Waals surface area contributed by atoms with Crippen molar-refractivity contribution in [3.8, 4) is 0 Å². The minimum Gasteiger partial charge on any atom is -0.393 e. The molecule has 0 spiro atoms. The van der Waals surface area contributed by atoms with Crippen LogP contribution in [-0.4, -0.2) is 22.4 Å². The summed E-state index contributed by atoms with van der Waals surface area (Å²) in [5, 5.41) is 17.7. The van der Waals surface area contributed by atoms with Crippen LogP contribution >= 0.6 is 0 Å². The second-order valence-corrected chi connectivity index (χ2v) is 2.34.